The van der Waals surface area contributed by atoms with Gasteiger partial charge in [0.25, 0.3) is 5.24 Å². The summed E-state index contributed by atoms with van der Waals surface area (Å²) in [6.45, 7) is 8.12. The van der Waals surface area contributed by atoms with E-state index in [1.54, 1.807) is 17.1 Å². The summed E-state index contributed by atoms with van der Waals surface area (Å²) in [7, 11) is 0. The Kier molecular flexibility index (Phi) is 6.05. The summed E-state index contributed by atoms with van der Waals surface area (Å²) in [5.41, 5.74) is 0. The molecule has 0 fully saturated rings. The van der Waals surface area contributed by atoms with Gasteiger partial charge >= 0.3 is 0 Å². The van der Waals surface area contributed by atoms with E-state index in [9.17, 15) is 4.79 Å². The maximum Gasteiger partial charge on any atom is 0.289 e. The van der Waals surface area contributed by atoms with Crippen LogP contribution in [-0.2, 0) is 0 Å². The van der Waals surface area contributed by atoms with Crippen molar-refractivity contribution < 1.29 is 4.79 Å². The van der Waals surface area contributed by atoms with Crippen LogP contribution in [0, 0.1) is 0 Å². The van der Waals surface area contributed by atoms with Crippen LogP contribution in [0.15, 0.2) is 29.6 Å². The Morgan fingerprint density at radius 2 is 2.00 bits per heavy atom. The number of hydrogen-bond acceptors (Lipinski definition) is 4. The first-order chi connectivity index (χ1) is 8.08. The van der Waals surface area contributed by atoms with E-state index < -0.39 is 0 Å². The van der Waals surface area contributed by atoms with Crippen LogP contribution < -0.4 is 0 Å². The summed E-state index contributed by atoms with van der Waals surface area (Å²) in [6.07, 6.45) is 3.31. The number of carbonyl (C=O) groups excluding carboxylic acids is 1. The number of halogens is 2. The molecule has 0 saturated carbocycles. The molecule has 0 aromatic carbocycles. The summed E-state index contributed by atoms with van der Waals surface area (Å²) >= 11 is 13.7. The normalized spacial score (nSPS) is 10.0. The maximum absolute atomic E-state index is 11.9. The Bertz CT molecular complexity index is 404. The van der Waals surface area contributed by atoms with Gasteiger partial charge in [0.05, 0.1) is 0 Å². The fraction of sp³-hybridized carbons (Fsp3) is 0.200. The second kappa shape index (κ2) is 7.06. The fourth-order valence-corrected chi connectivity index (χ4v) is 3.30. The van der Waals surface area contributed by atoms with Gasteiger partial charge in [0.2, 0.25) is 0 Å². The molecule has 0 atom stereocenters. The lowest BCUT2D eigenvalue weighted by Gasteiger charge is -2.17. The maximum atomic E-state index is 11.9. The number of carbonyl (C=O) groups is 1. The van der Waals surface area contributed by atoms with E-state index in [1.807, 2.05) is 0 Å². The van der Waals surface area contributed by atoms with Gasteiger partial charge in [-0.1, -0.05) is 46.7 Å². The Hall–Kier alpha value is -0.490. The second-order valence-corrected chi connectivity index (χ2v) is 6.05. The van der Waals surface area contributed by atoms with Crippen LogP contribution in [0.5, 0.6) is 0 Å². The van der Waals surface area contributed by atoms with Crippen molar-refractivity contribution in [3.05, 3.63) is 34.8 Å². The van der Waals surface area contributed by atoms with Gasteiger partial charge in [0, 0.05) is 24.9 Å². The Morgan fingerprint density at radius 1 is 1.41 bits per heavy atom. The van der Waals surface area contributed by atoms with Crippen LogP contribution in [0.1, 0.15) is 0 Å². The van der Waals surface area contributed by atoms with Crippen molar-refractivity contribution in [2.45, 2.75) is 4.34 Å². The third-order valence-electron chi connectivity index (χ3n) is 1.66. The summed E-state index contributed by atoms with van der Waals surface area (Å²) in [5, 5.41) is 0.0952. The van der Waals surface area contributed by atoms with Gasteiger partial charge in [0.1, 0.15) is 4.34 Å². The highest BCUT2D eigenvalue weighted by Crippen LogP contribution is 2.34. The molecule has 0 saturated heterocycles. The molecule has 0 bridgehead atoms. The molecule has 1 aromatic heterocycles. The largest absolute Gasteiger partial charge is 0.326 e. The molecule has 0 aliphatic heterocycles. The van der Waals surface area contributed by atoms with E-state index in [0.29, 0.717) is 21.8 Å². The van der Waals surface area contributed by atoms with Crippen molar-refractivity contribution in [1.82, 2.24) is 9.88 Å². The molecular weight excluding hydrogens is 299 g/mol. The Balaban J connectivity index is 2.68. The van der Waals surface area contributed by atoms with Crippen molar-refractivity contribution >= 4 is 51.5 Å². The predicted molar refractivity (Wildman–Crippen MR) is 75.4 cm³/mol. The molecule has 0 spiro atoms. The number of thioether (sulfide) groups is 1. The Morgan fingerprint density at radius 3 is 2.41 bits per heavy atom. The van der Waals surface area contributed by atoms with Crippen LogP contribution in [0.25, 0.3) is 0 Å². The average molecular weight is 309 g/mol. The molecule has 0 aliphatic rings. The summed E-state index contributed by atoms with van der Waals surface area (Å²) in [6, 6.07) is 0. The summed E-state index contributed by atoms with van der Waals surface area (Å²) in [5.74, 6) is 0. The van der Waals surface area contributed by atoms with Gasteiger partial charge < -0.3 is 4.90 Å². The van der Waals surface area contributed by atoms with E-state index in [4.69, 9.17) is 23.2 Å². The first-order valence-electron chi connectivity index (χ1n) is 4.58. The van der Waals surface area contributed by atoms with Crippen molar-refractivity contribution in [3.8, 4) is 0 Å². The van der Waals surface area contributed by atoms with Crippen molar-refractivity contribution in [2.75, 3.05) is 13.1 Å². The molecular formula is C10H10Cl2N2OS2. The van der Waals surface area contributed by atoms with E-state index in [0.717, 1.165) is 11.8 Å². The van der Waals surface area contributed by atoms with Crippen molar-refractivity contribution in [2.24, 2.45) is 0 Å². The molecule has 7 heteroatoms. The average Bonchev–Trinajstić information content (AvgIpc) is 2.57. The molecule has 3 nitrogen and oxygen atoms in total. The molecule has 0 N–H and O–H groups in total. The van der Waals surface area contributed by atoms with Crippen LogP contribution in [0.3, 0.4) is 0 Å². The number of aromatic nitrogens is 1. The number of amides is 1. The summed E-state index contributed by atoms with van der Waals surface area (Å²) in [4.78, 5) is 17.4. The van der Waals surface area contributed by atoms with Gasteiger partial charge in [-0.3, -0.25) is 4.79 Å². The number of thiazole rings is 1. The molecule has 17 heavy (non-hydrogen) atoms. The molecule has 1 rings (SSSR count). The van der Waals surface area contributed by atoms with E-state index in [2.05, 4.69) is 18.1 Å². The fourth-order valence-electron chi connectivity index (χ4n) is 0.984. The highest BCUT2D eigenvalue weighted by Gasteiger charge is 2.16. The zero-order valence-electron chi connectivity index (χ0n) is 8.86. The molecule has 0 radical (unpaired) electrons. The van der Waals surface area contributed by atoms with Crippen LogP contribution in [-0.4, -0.2) is 28.2 Å². The molecule has 1 heterocycles. The number of nitrogens with zero attached hydrogens (tertiary/aromatic N) is 2. The van der Waals surface area contributed by atoms with Gasteiger partial charge in [-0.15, -0.1) is 13.2 Å². The third kappa shape index (κ3) is 4.35. The van der Waals surface area contributed by atoms with Crippen molar-refractivity contribution in [1.29, 1.82) is 0 Å². The highest BCUT2D eigenvalue weighted by molar-refractivity contribution is 8.14. The summed E-state index contributed by atoms with van der Waals surface area (Å²) < 4.78 is 0.920. The van der Waals surface area contributed by atoms with E-state index in [-0.39, 0.29) is 10.4 Å². The minimum atomic E-state index is -0.133. The van der Waals surface area contributed by atoms with Crippen LogP contribution in [0.2, 0.25) is 9.49 Å². The first kappa shape index (κ1) is 14.6. The molecule has 92 valence electrons. The first-order valence-corrected chi connectivity index (χ1v) is 6.97. The molecule has 0 unspecified atom stereocenters. The molecule has 0 aliphatic carbocycles. The SMILES string of the molecule is C=CCN(CC=C)C(=O)Sc1nc(Cl)c(Cl)s1. The topological polar surface area (TPSA) is 33.2 Å². The van der Waals surface area contributed by atoms with Crippen LogP contribution in [0.4, 0.5) is 4.79 Å². The second-order valence-electron chi connectivity index (χ2n) is 2.89. The van der Waals surface area contributed by atoms with Gasteiger partial charge in [0.15, 0.2) is 9.49 Å². The van der Waals surface area contributed by atoms with Gasteiger partial charge in [-0.25, -0.2) is 4.98 Å². The predicted octanol–water partition coefficient (Wildman–Crippen LogP) is 4.34. The minimum Gasteiger partial charge on any atom is -0.326 e. The smallest absolute Gasteiger partial charge is 0.289 e. The Labute approximate surface area is 118 Å². The number of hydrogen-bond donors (Lipinski definition) is 0. The van der Waals surface area contributed by atoms with Crippen LogP contribution >= 0.6 is 46.3 Å². The number of rotatable bonds is 5. The van der Waals surface area contributed by atoms with Gasteiger partial charge in [-0.2, -0.15) is 0 Å². The minimum absolute atomic E-state index is 0.133. The monoisotopic (exact) mass is 308 g/mol. The van der Waals surface area contributed by atoms with E-state index >= 15 is 0 Å². The highest BCUT2D eigenvalue weighted by atomic mass is 35.5. The van der Waals surface area contributed by atoms with Crippen molar-refractivity contribution in [3.63, 3.8) is 0 Å². The molecule has 1 amide bonds. The lowest BCUT2D eigenvalue weighted by molar-refractivity contribution is 0.233. The lowest BCUT2D eigenvalue weighted by Crippen LogP contribution is -2.27. The quantitative estimate of drug-likeness (QED) is 0.599. The van der Waals surface area contributed by atoms with E-state index in [1.165, 1.54) is 11.3 Å². The third-order valence-corrected chi connectivity index (χ3v) is 4.39. The molecule has 1 aromatic rings. The zero-order valence-corrected chi connectivity index (χ0v) is 12.0. The van der Waals surface area contributed by atoms with Gasteiger partial charge in [-0.05, 0) is 0 Å². The lowest BCUT2D eigenvalue weighted by atomic mass is 10.5. The standard InChI is InChI=1S/C10H10Cl2N2OS2/c1-3-5-14(6-4-2)10(15)17-9-13-7(11)8(12)16-9/h3-4H,1-2,5-6H2. The zero-order chi connectivity index (χ0) is 12.8.